The molecule has 0 bridgehead atoms. The van der Waals surface area contributed by atoms with E-state index in [0.717, 1.165) is 0 Å². The van der Waals surface area contributed by atoms with E-state index in [2.05, 4.69) is 4.98 Å². The molecule has 1 rings (SSSR count). The predicted octanol–water partition coefficient (Wildman–Crippen LogP) is 2.56. The summed E-state index contributed by atoms with van der Waals surface area (Å²) in [7, 11) is -3.76. The molecule has 0 aliphatic rings. The van der Waals surface area contributed by atoms with Crippen molar-refractivity contribution in [3.8, 4) is 0 Å². The lowest BCUT2D eigenvalue weighted by Crippen LogP contribution is -2.41. The lowest BCUT2D eigenvalue weighted by Gasteiger charge is -2.28. The molecule has 1 N–H and O–H groups in total. The van der Waals surface area contributed by atoms with Gasteiger partial charge in [-0.3, -0.25) is 0 Å². The van der Waals surface area contributed by atoms with E-state index in [1.165, 1.54) is 16.6 Å². The highest BCUT2D eigenvalue weighted by molar-refractivity contribution is 7.89. The van der Waals surface area contributed by atoms with E-state index in [1.807, 2.05) is 13.8 Å². The maximum Gasteiger partial charge on any atom is 0.244 e. The molecular formula is C12H18Cl2N2O3S. The summed E-state index contributed by atoms with van der Waals surface area (Å²) in [6.45, 7) is 3.60. The topological polar surface area (TPSA) is 70.5 Å². The van der Waals surface area contributed by atoms with Crippen molar-refractivity contribution in [2.45, 2.75) is 37.6 Å². The predicted molar refractivity (Wildman–Crippen MR) is 79.6 cm³/mol. The Hall–Kier alpha value is -0.400. The van der Waals surface area contributed by atoms with Crippen LogP contribution in [0.5, 0.6) is 0 Å². The fourth-order valence-corrected chi connectivity index (χ4v) is 4.04. The molecule has 0 amide bonds. The zero-order chi connectivity index (χ0) is 15.3. The van der Waals surface area contributed by atoms with E-state index in [0.29, 0.717) is 12.8 Å². The van der Waals surface area contributed by atoms with Gasteiger partial charge in [-0.1, -0.05) is 37.0 Å². The van der Waals surface area contributed by atoms with Crippen LogP contribution in [-0.4, -0.2) is 42.0 Å². The summed E-state index contributed by atoms with van der Waals surface area (Å²) in [6.07, 6.45) is 2.49. The third-order valence-corrected chi connectivity index (χ3v) is 5.65. The first kappa shape index (κ1) is 17.7. The third-order valence-electron chi connectivity index (χ3n) is 3.05. The minimum atomic E-state index is -3.76. The molecule has 114 valence electrons. The summed E-state index contributed by atoms with van der Waals surface area (Å²) in [4.78, 5) is 3.74. The van der Waals surface area contributed by atoms with Crippen molar-refractivity contribution in [3.05, 3.63) is 22.4 Å². The maximum absolute atomic E-state index is 12.6. The number of nitrogens with zero attached hydrogens (tertiary/aromatic N) is 2. The highest BCUT2D eigenvalue weighted by Gasteiger charge is 2.30. The van der Waals surface area contributed by atoms with Crippen LogP contribution < -0.4 is 0 Å². The summed E-state index contributed by atoms with van der Waals surface area (Å²) in [6, 6.07) is 1.10. The maximum atomic E-state index is 12.6. The Balaban J connectivity index is 3.24. The minimum absolute atomic E-state index is 0.0211. The number of hydrogen-bond acceptors (Lipinski definition) is 4. The van der Waals surface area contributed by atoms with Crippen LogP contribution in [0.1, 0.15) is 26.7 Å². The number of sulfonamides is 1. The first-order chi connectivity index (χ1) is 9.38. The fourth-order valence-electron chi connectivity index (χ4n) is 1.97. The molecule has 1 aromatic heterocycles. The molecule has 0 saturated carbocycles. The lowest BCUT2D eigenvalue weighted by molar-refractivity contribution is 0.219. The summed E-state index contributed by atoms with van der Waals surface area (Å²) >= 11 is 11.5. The first-order valence-electron chi connectivity index (χ1n) is 6.32. The Kier molecular flexibility index (Phi) is 6.68. The first-order valence-corrected chi connectivity index (χ1v) is 8.51. The van der Waals surface area contributed by atoms with E-state index < -0.39 is 10.0 Å². The SMILES string of the molecule is CCC(CC)N(CCO)S(=O)(=O)c1cnc(Cl)c(Cl)c1. The van der Waals surface area contributed by atoms with Crippen molar-refractivity contribution in [1.82, 2.24) is 9.29 Å². The van der Waals surface area contributed by atoms with Crippen molar-refractivity contribution >= 4 is 33.2 Å². The summed E-state index contributed by atoms with van der Waals surface area (Å²) < 4.78 is 26.5. The van der Waals surface area contributed by atoms with Gasteiger partial charge in [-0.15, -0.1) is 0 Å². The second-order valence-corrected chi connectivity index (χ2v) is 6.91. The highest BCUT2D eigenvalue weighted by Crippen LogP contribution is 2.26. The molecule has 0 fully saturated rings. The molecule has 0 aliphatic carbocycles. The van der Waals surface area contributed by atoms with Crippen LogP contribution in [0.25, 0.3) is 0 Å². The van der Waals surface area contributed by atoms with Gasteiger partial charge in [0.2, 0.25) is 10.0 Å². The van der Waals surface area contributed by atoms with Gasteiger partial charge in [-0.05, 0) is 18.9 Å². The monoisotopic (exact) mass is 340 g/mol. The Labute approximate surface area is 129 Å². The number of pyridine rings is 1. The van der Waals surface area contributed by atoms with Crippen molar-refractivity contribution in [2.75, 3.05) is 13.2 Å². The van der Waals surface area contributed by atoms with Crippen LogP contribution >= 0.6 is 23.2 Å². The van der Waals surface area contributed by atoms with Crippen LogP contribution in [0, 0.1) is 0 Å². The Morgan fingerprint density at radius 2 is 1.95 bits per heavy atom. The molecule has 1 aromatic rings. The molecule has 5 nitrogen and oxygen atoms in total. The third kappa shape index (κ3) is 3.83. The quantitative estimate of drug-likeness (QED) is 0.774. The molecule has 0 atom stereocenters. The van der Waals surface area contributed by atoms with Gasteiger partial charge in [0.1, 0.15) is 10.0 Å². The van der Waals surface area contributed by atoms with Gasteiger partial charge in [0.25, 0.3) is 0 Å². The second kappa shape index (κ2) is 7.56. The number of aliphatic hydroxyl groups excluding tert-OH is 1. The minimum Gasteiger partial charge on any atom is -0.395 e. The highest BCUT2D eigenvalue weighted by atomic mass is 35.5. The van der Waals surface area contributed by atoms with E-state index in [1.54, 1.807) is 0 Å². The molecule has 0 aliphatic heterocycles. The molecule has 1 heterocycles. The van der Waals surface area contributed by atoms with Gasteiger partial charge in [-0.2, -0.15) is 4.31 Å². The molecule has 0 saturated heterocycles. The summed E-state index contributed by atoms with van der Waals surface area (Å²) in [5.41, 5.74) is 0. The van der Waals surface area contributed by atoms with Gasteiger partial charge in [0.15, 0.2) is 0 Å². The van der Waals surface area contributed by atoms with Crippen LogP contribution in [-0.2, 0) is 10.0 Å². The van der Waals surface area contributed by atoms with Crippen molar-refractivity contribution < 1.29 is 13.5 Å². The Morgan fingerprint density at radius 1 is 1.35 bits per heavy atom. The zero-order valence-corrected chi connectivity index (χ0v) is 13.7. The van der Waals surface area contributed by atoms with Gasteiger partial charge >= 0.3 is 0 Å². The summed E-state index contributed by atoms with van der Waals surface area (Å²) in [5, 5.41) is 9.26. The number of aliphatic hydroxyl groups is 1. The molecule has 0 aromatic carbocycles. The van der Waals surface area contributed by atoms with E-state index in [-0.39, 0.29) is 34.3 Å². The fraction of sp³-hybridized carbons (Fsp3) is 0.583. The van der Waals surface area contributed by atoms with Crippen LogP contribution in [0.15, 0.2) is 17.2 Å². The number of hydrogen-bond donors (Lipinski definition) is 1. The van der Waals surface area contributed by atoms with Crippen LogP contribution in [0.2, 0.25) is 10.2 Å². The standard InChI is InChI=1S/C12H18Cl2N2O3S/c1-3-9(4-2)16(5-6-17)20(18,19)10-7-11(13)12(14)15-8-10/h7-9,17H,3-6H2,1-2H3. The molecule has 8 heteroatoms. The number of halogens is 2. The van der Waals surface area contributed by atoms with Crippen molar-refractivity contribution in [1.29, 1.82) is 0 Å². The normalized spacial score (nSPS) is 12.3. The van der Waals surface area contributed by atoms with Crippen LogP contribution in [0.4, 0.5) is 0 Å². The summed E-state index contributed by atoms with van der Waals surface area (Å²) in [5.74, 6) is 0. The van der Waals surface area contributed by atoms with Crippen LogP contribution in [0.3, 0.4) is 0 Å². The van der Waals surface area contributed by atoms with E-state index in [9.17, 15) is 8.42 Å². The molecule has 0 unspecified atom stereocenters. The van der Waals surface area contributed by atoms with E-state index in [4.69, 9.17) is 28.3 Å². The molecule has 20 heavy (non-hydrogen) atoms. The Morgan fingerprint density at radius 3 is 2.40 bits per heavy atom. The van der Waals surface area contributed by atoms with Gasteiger partial charge in [0, 0.05) is 18.8 Å². The van der Waals surface area contributed by atoms with Crippen molar-refractivity contribution in [2.24, 2.45) is 0 Å². The number of aromatic nitrogens is 1. The van der Waals surface area contributed by atoms with E-state index >= 15 is 0 Å². The zero-order valence-electron chi connectivity index (χ0n) is 11.4. The van der Waals surface area contributed by atoms with Gasteiger partial charge in [0.05, 0.1) is 11.6 Å². The molecular weight excluding hydrogens is 323 g/mol. The molecule has 0 spiro atoms. The average molecular weight is 341 g/mol. The average Bonchev–Trinajstić information content (AvgIpc) is 2.42. The smallest absolute Gasteiger partial charge is 0.244 e. The van der Waals surface area contributed by atoms with Gasteiger partial charge in [-0.25, -0.2) is 13.4 Å². The Bertz CT molecular complexity index is 548. The van der Waals surface area contributed by atoms with Crippen molar-refractivity contribution in [3.63, 3.8) is 0 Å². The second-order valence-electron chi connectivity index (χ2n) is 4.25. The number of rotatable bonds is 7. The lowest BCUT2D eigenvalue weighted by atomic mass is 10.2. The largest absolute Gasteiger partial charge is 0.395 e. The van der Waals surface area contributed by atoms with Gasteiger partial charge < -0.3 is 5.11 Å². The molecule has 0 radical (unpaired) electrons.